The zero-order chi connectivity index (χ0) is 9.84. The Bertz CT molecular complexity index is 287. The van der Waals surface area contributed by atoms with Crippen molar-refractivity contribution in [2.45, 2.75) is 6.42 Å². The topological polar surface area (TPSA) is 75.4 Å². The minimum absolute atomic E-state index is 0.0611. The van der Waals surface area contributed by atoms with Crippen LogP contribution >= 0.6 is 12.2 Å². The SMILES string of the molecule is NNC(=O)CN1C=CC(=S)CC1=O. The number of carbonyl (C=O) groups is 2. The van der Waals surface area contributed by atoms with Crippen molar-refractivity contribution in [2.75, 3.05) is 6.54 Å². The predicted octanol–water partition coefficient (Wildman–Crippen LogP) is -0.908. The van der Waals surface area contributed by atoms with Crippen LogP contribution in [0.1, 0.15) is 6.42 Å². The third-order valence-electron chi connectivity index (χ3n) is 1.56. The van der Waals surface area contributed by atoms with Crippen LogP contribution in [0.5, 0.6) is 0 Å². The molecule has 0 atom stereocenters. The maximum atomic E-state index is 11.2. The number of hydrazine groups is 1. The van der Waals surface area contributed by atoms with Crippen LogP contribution in [0.3, 0.4) is 0 Å². The molecule has 0 fully saturated rings. The molecular weight excluding hydrogens is 190 g/mol. The number of nitrogens with zero attached hydrogens (tertiary/aromatic N) is 1. The fraction of sp³-hybridized carbons (Fsp3) is 0.286. The first kappa shape index (κ1) is 9.82. The van der Waals surface area contributed by atoms with E-state index in [-0.39, 0.29) is 18.9 Å². The lowest BCUT2D eigenvalue weighted by atomic mass is 10.2. The number of amides is 2. The number of allylic oxidation sites excluding steroid dienone is 1. The van der Waals surface area contributed by atoms with Gasteiger partial charge in [-0.3, -0.25) is 15.0 Å². The van der Waals surface area contributed by atoms with E-state index in [4.69, 9.17) is 18.1 Å². The van der Waals surface area contributed by atoms with Crippen LogP contribution in [0.2, 0.25) is 0 Å². The van der Waals surface area contributed by atoms with Gasteiger partial charge in [0, 0.05) is 11.1 Å². The number of carbonyl (C=O) groups excluding carboxylic acids is 2. The van der Waals surface area contributed by atoms with Crippen molar-refractivity contribution in [3.63, 3.8) is 0 Å². The summed E-state index contributed by atoms with van der Waals surface area (Å²) in [7, 11) is 0. The van der Waals surface area contributed by atoms with Gasteiger partial charge in [-0.05, 0) is 6.08 Å². The molecule has 6 heteroatoms. The second-order valence-corrected chi connectivity index (χ2v) is 3.07. The summed E-state index contributed by atoms with van der Waals surface area (Å²) in [6.07, 6.45) is 3.30. The Hall–Kier alpha value is -1.27. The van der Waals surface area contributed by atoms with Crippen LogP contribution in [-0.4, -0.2) is 28.1 Å². The van der Waals surface area contributed by atoms with Gasteiger partial charge in [-0.1, -0.05) is 12.2 Å². The highest BCUT2D eigenvalue weighted by molar-refractivity contribution is 7.80. The summed E-state index contributed by atoms with van der Waals surface area (Å²) in [6.45, 7) is -0.0611. The Kier molecular flexibility index (Phi) is 3.10. The van der Waals surface area contributed by atoms with Gasteiger partial charge >= 0.3 is 0 Å². The summed E-state index contributed by atoms with van der Waals surface area (Å²) >= 11 is 4.82. The Morgan fingerprint density at radius 3 is 3.00 bits per heavy atom. The van der Waals surface area contributed by atoms with Crippen molar-refractivity contribution in [2.24, 2.45) is 5.84 Å². The molecule has 0 radical (unpaired) electrons. The summed E-state index contributed by atoms with van der Waals surface area (Å²) in [5.41, 5.74) is 1.94. The second kappa shape index (κ2) is 4.11. The quantitative estimate of drug-likeness (QED) is 0.261. The Balaban J connectivity index is 2.60. The Morgan fingerprint density at radius 1 is 1.77 bits per heavy atom. The highest BCUT2D eigenvalue weighted by Gasteiger charge is 2.18. The molecule has 0 aromatic carbocycles. The molecule has 0 unspecified atom stereocenters. The van der Waals surface area contributed by atoms with E-state index in [1.54, 1.807) is 6.08 Å². The molecule has 0 aliphatic carbocycles. The van der Waals surface area contributed by atoms with Crippen molar-refractivity contribution in [3.05, 3.63) is 12.3 Å². The van der Waals surface area contributed by atoms with Crippen LogP contribution in [0.25, 0.3) is 0 Å². The summed E-state index contributed by atoms with van der Waals surface area (Å²) in [5, 5.41) is 0. The van der Waals surface area contributed by atoms with Crippen molar-refractivity contribution in [3.8, 4) is 0 Å². The number of hydrogen-bond donors (Lipinski definition) is 2. The molecule has 70 valence electrons. The van der Waals surface area contributed by atoms with Crippen molar-refractivity contribution in [1.82, 2.24) is 10.3 Å². The maximum Gasteiger partial charge on any atom is 0.253 e. The molecule has 1 rings (SSSR count). The van der Waals surface area contributed by atoms with E-state index in [0.29, 0.717) is 4.86 Å². The molecule has 5 nitrogen and oxygen atoms in total. The van der Waals surface area contributed by atoms with Crippen molar-refractivity contribution < 1.29 is 9.59 Å². The number of rotatable bonds is 2. The van der Waals surface area contributed by atoms with Crippen LogP contribution in [0, 0.1) is 0 Å². The molecule has 1 heterocycles. The summed E-state index contributed by atoms with van der Waals surface area (Å²) in [4.78, 5) is 23.9. The molecule has 0 bridgehead atoms. The lowest BCUT2D eigenvalue weighted by molar-refractivity contribution is -0.132. The molecule has 0 spiro atoms. The summed E-state index contributed by atoms with van der Waals surface area (Å²) in [5.74, 6) is 4.28. The van der Waals surface area contributed by atoms with E-state index < -0.39 is 5.91 Å². The van der Waals surface area contributed by atoms with Crippen LogP contribution in [0.15, 0.2) is 12.3 Å². The zero-order valence-corrected chi connectivity index (χ0v) is 7.63. The lowest BCUT2D eigenvalue weighted by Gasteiger charge is -2.20. The van der Waals surface area contributed by atoms with Gasteiger partial charge in [-0.15, -0.1) is 0 Å². The standard InChI is InChI=1S/C7H9N3O2S/c8-9-6(11)4-10-2-1-5(13)3-7(10)12/h1-2H,3-4,8H2,(H,9,11). The zero-order valence-electron chi connectivity index (χ0n) is 6.82. The van der Waals surface area contributed by atoms with Gasteiger partial charge in [-0.2, -0.15) is 0 Å². The molecule has 0 saturated carbocycles. The third kappa shape index (κ3) is 2.60. The molecule has 1 aliphatic heterocycles. The van der Waals surface area contributed by atoms with Gasteiger partial charge in [0.25, 0.3) is 5.91 Å². The van der Waals surface area contributed by atoms with E-state index in [0.717, 1.165) is 0 Å². The van der Waals surface area contributed by atoms with Gasteiger partial charge in [0.2, 0.25) is 5.91 Å². The van der Waals surface area contributed by atoms with Gasteiger partial charge in [0.1, 0.15) is 6.54 Å². The molecule has 3 N–H and O–H groups in total. The molecule has 2 amide bonds. The van der Waals surface area contributed by atoms with Crippen LogP contribution in [-0.2, 0) is 9.59 Å². The van der Waals surface area contributed by atoms with Crippen molar-refractivity contribution in [1.29, 1.82) is 0 Å². The normalized spacial score (nSPS) is 16.2. The molecule has 0 aromatic heterocycles. The number of hydrogen-bond acceptors (Lipinski definition) is 4. The average Bonchev–Trinajstić information content (AvgIpc) is 2.09. The van der Waals surface area contributed by atoms with Gasteiger partial charge in [0.15, 0.2) is 0 Å². The molecule has 13 heavy (non-hydrogen) atoms. The molecule has 0 saturated heterocycles. The molecule has 0 aromatic rings. The highest BCUT2D eigenvalue weighted by Crippen LogP contribution is 2.05. The third-order valence-corrected chi connectivity index (χ3v) is 1.84. The van der Waals surface area contributed by atoms with E-state index >= 15 is 0 Å². The fourth-order valence-corrected chi connectivity index (χ4v) is 1.09. The first-order chi connectivity index (χ1) is 6.13. The Morgan fingerprint density at radius 2 is 2.46 bits per heavy atom. The number of nitrogens with two attached hydrogens (primary N) is 1. The van der Waals surface area contributed by atoms with E-state index in [2.05, 4.69) is 0 Å². The van der Waals surface area contributed by atoms with E-state index in [1.807, 2.05) is 5.43 Å². The van der Waals surface area contributed by atoms with E-state index in [9.17, 15) is 9.59 Å². The van der Waals surface area contributed by atoms with Gasteiger partial charge in [0.05, 0.1) is 6.42 Å². The minimum atomic E-state index is -0.411. The minimum Gasteiger partial charge on any atom is -0.309 e. The summed E-state index contributed by atoms with van der Waals surface area (Å²) < 4.78 is 0. The fourth-order valence-electron chi connectivity index (χ4n) is 0.907. The maximum absolute atomic E-state index is 11.2. The first-order valence-corrected chi connectivity index (χ1v) is 4.04. The largest absolute Gasteiger partial charge is 0.309 e. The van der Waals surface area contributed by atoms with Crippen LogP contribution < -0.4 is 11.3 Å². The Labute approximate surface area is 80.5 Å². The smallest absolute Gasteiger partial charge is 0.253 e. The predicted molar refractivity (Wildman–Crippen MR) is 50.4 cm³/mol. The summed E-state index contributed by atoms with van der Waals surface area (Å²) in [6, 6.07) is 0. The number of thiocarbonyl (C=S) groups is 1. The van der Waals surface area contributed by atoms with E-state index in [1.165, 1.54) is 11.1 Å². The van der Waals surface area contributed by atoms with Crippen molar-refractivity contribution >= 4 is 28.9 Å². The first-order valence-electron chi connectivity index (χ1n) is 3.63. The highest BCUT2D eigenvalue weighted by atomic mass is 32.1. The molecular formula is C7H9N3O2S. The van der Waals surface area contributed by atoms with Crippen LogP contribution in [0.4, 0.5) is 0 Å². The second-order valence-electron chi connectivity index (χ2n) is 2.55. The average molecular weight is 199 g/mol. The lowest BCUT2D eigenvalue weighted by Crippen LogP contribution is -2.42. The van der Waals surface area contributed by atoms with Gasteiger partial charge in [-0.25, -0.2) is 5.84 Å². The van der Waals surface area contributed by atoms with Gasteiger partial charge < -0.3 is 4.90 Å². The monoisotopic (exact) mass is 199 g/mol. The molecule has 1 aliphatic rings. The number of nitrogens with one attached hydrogen (secondary N) is 1.